The number of cyclic esters (lactones) is 1. The van der Waals surface area contributed by atoms with E-state index in [0.717, 1.165) is 25.8 Å². The third-order valence-electron chi connectivity index (χ3n) is 4.27. The molecular weight excluding hydrogens is 276 g/mol. The van der Waals surface area contributed by atoms with E-state index in [9.17, 15) is 9.59 Å². The van der Waals surface area contributed by atoms with Crippen molar-refractivity contribution in [1.29, 1.82) is 0 Å². The fourth-order valence-electron chi connectivity index (χ4n) is 3.15. The van der Waals surface area contributed by atoms with Gasteiger partial charge in [-0.3, -0.25) is 4.79 Å². The summed E-state index contributed by atoms with van der Waals surface area (Å²) >= 11 is 0. The number of hydrogen-bond acceptors (Lipinski definition) is 5. The van der Waals surface area contributed by atoms with Crippen LogP contribution in [0.2, 0.25) is 0 Å². The molecule has 21 heavy (non-hydrogen) atoms. The summed E-state index contributed by atoms with van der Waals surface area (Å²) in [4.78, 5) is 27.3. The SMILES string of the molecule is O=C1OCCN1CCC(=O)N1CCCCC1C1OCCO1. The molecule has 0 saturated carbocycles. The van der Waals surface area contributed by atoms with Gasteiger partial charge in [0, 0.05) is 19.5 Å². The van der Waals surface area contributed by atoms with Crippen LogP contribution in [0.25, 0.3) is 0 Å². The minimum atomic E-state index is -0.319. The van der Waals surface area contributed by atoms with E-state index in [2.05, 4.69) is 0 Å². The summed E-state index contributed by atoms with van der Waals surface area (Å²) in [5, 5.41) is 0. The van der Waals surface area contributed by atoms with Crippen LogP contribution < -0.4 is 0 Å². The van der Waals surface area contributed by atoms with Crippen molar-refractivity contribution in [1.82, 2.24) is 9.80 Å². The summed E-state index contributed by atoms with van der Waals surface area (Å²) in [6.07, 6.45) is 2.75. The van der Waals surface area contributed by atoms with Crippen LogP contribution in [-0.4, -0.2) is 73.6 Å². The fourth-order valence-corrected chi connectivity index (χ4v) is 3.15. The number of ether oxygens (including phenoxy) is 3. The van der Waals surface area contributed by atoms with Crippen LogP contribution in [0.1, 0.15) is 25.7 Å². The Balaban J connectivity index is 1.54. The molecule has 3 heterocycles. The Kier molecular flexibility index (Phi) is 4.60. The van der Waals surface area contributed by atoms with Crippen LogP contribution in [0.5, 0.6) is 0 Å². The second kappa shape index (κ2) is 6.62. The molecule has 7 nitrogen and oxygen atoms in total. The van der Waals surface area contributed by atoms with E-state index in [4.69, 9.17) is 14.2 Å². The van der Waals surface area contributed by atoms with Crippen LogP contribution in [0.4, 0.5) is 4.79 Å². The van der Waals surface area contributed by atoms with Crippen molar-refractivity contribution in [3.8, 4) is 0 Å². The predicted molar refractivity (Wildman–Crippen MR) is 72.6 cm³/mol. The Hall–Kier alpha value is -1.34. The van der Waals surface area contributed by atoms with Crippen molar-refractivity contribution < 1.29 is 23.8 Å². The maximum absolute atomic E-state index is 12.5. The molecule has 3 aliphatic rings. The van der Waals surface area contributed by atoms with Crippen molar-refractivity contribution in [3.05, 3.63) is 0 Å². The summed E-state index contributed by atoms with van der Waals surface area (Å²) < 4.78 is 16.0. The third-order valence-corrected chi connectivity index (χ3v) is 4.27. The normalized spacial score (nSPS) is 27.2. The zero-order valence-electron chi connectivity index (χ0n) is 12.2. The maximum atomic E-state index is 12.5. The molecule has 118 valence electrons. The molecule has 0 aromatic rings. The van der Waals surface area contributed by atoms with Gasteiger partial charge in [0.15, 0.2) is 6.29 Å². The summed E-state index contributed by atoms with van der Waals surface area (Å²) in [6, 6.07) is 0.0132. The van der Waals surface area contributed by atoms with E-state index < -0.39 is 0 Å². The van der Waals surface area contributed by atoms with Gasteiger partial charge in [0.2, 0.25) is 5.91 Å². The van der Waals surface area contributed by atoms with Gasteiger partial charge < -0.3 is 24.0 Å². The van der Waals surface area contributed by atoms with Crippen LogP contribution >= 0.6 is 0 Å². The minimum absolute atomic E-state index is 0.0132. The summed E-state index contributed by atoms with van der Waals surface area (Å²) in [7, 11) is 0. The Morgan fingerprint density at radius 3 is 2.67 bits per heavy atom. The number of nitrogens with zero attached hydrogens (tertiary/aromatic N) is 2. The number of likely N-dealkylation sites (tertiary alicyclic amines) is 1. The lowest BCUT2D eigenvalue weighted by Crippen LogP contribution is -2.50. The average molecular weight is 298 g/mol. The Morgan fingerprint density at radius 1 is 1.14 bits per heavy atom. The van der Waals surface area contributed by atoms with Gasteiger partial charge in [-0.25, -0.2) is 4.79 Å². The van der Waals surface area contributed by atoms with E-state index >= 15 is 0 Å². The minimum Gasteiger partial charge on any atom is -0.448 e. The Labute approximate surface area is 124 Å². The summed E-state index contributed by atoms with van der Waals surface area (Å²) in [5.74, 6) is 0.0681. The fraction of sp³-hybridized carbons (Fsp3) is 0.857. The van der Waals surface area contributed by atoms with Gasteiger partial charge in [-0.05, 0) is 19.3 Å². The van der Waals surface area contributed by atoms with Crippen LogP contribution in [0.3, 0.4) is 0 Å². The number of carbonyl (C=O) groups excluding carboxylic acids is 2. The van der Waals surface area contributed by atoms with E-state index in [1.807, 2.05) is 4.90 Å². The van der Waals surface area contributed by atoms with Gasteiger partial charge in [-0.2, -0.15) is 0 Å². The van der Waals surface area contributed by atoms with Crippen molar-refractivity contribution in [2.75, 3.05) is 39.5 Å². The molecule has 3 fully saturated rings. The molecule has 7 heteroatoms. The van der Waals surface area contributed by atoms with Crippen molar-refractivity contribution in [3.63, 3.8) is 0 Å². The molecule has 0 aromatic carbocycles. The third kappa shape index (κ3) is 3.29. The first kappa shape index (κ1) is 14.6. The monoisotopic (exact) mass is 298 g/mol. The van der Waals surface area contributed by atoms with E-state index in [1.54, 1.807) is 4.90 Å². The summed E-state index contributed by atoms with van der Waals surface area (Å²) in [6.45, 7) is 3.36. The Bertz CT molecular complexity index is 397. The van der Waals surface area contributed by atoms with Gasteiger partial charge in [0.25, 0.3) is 0 Å². The first-order valence-corrected chi connectivity index (χ1v) is 7.70. The maximum Gasteiger partial charge on any atom is 0.409 e. The molecule has 0 spiro atoms. The highest BCUT2D eigenvalue weighted by molar-refractivity contribution is 5.78. The molecule has 0 radical (unpaired) electrons. The van der Waals surface area contributed by atoms with Gasteiger partial charge >= 0.3 is 6.09 Å². The molecule has 0 aliphatic carbocycles. The first-order chi connectivity index (χ1) is 10.3. The van der Waals surface area contributed by atoms with Gasteiger partial charge in [-0.1, -0.05) is 0 Å². The molecule has 2 amide bonds. The highest BCUT2D eigenvalue weighted by Gasteiger charge is 2.36. The molecule has 1 unspecified atom stereocenters. The molecule has 3 aliphatic heterocycles. The van der Waals surface area contributed by atoms with E-state index in [-0.39, 0.29) is 24.3 Å². The standard InChI is InChI=1S/C14H22N2O5/c17-12(4-6-15-7-8-21-14(15)18)16-5-2-1-3-11(16)13-19-9-10-20-13/h11,13H,1-10H2. The number of amides is 2. The predicted octanol–water partition coefficient (Wildman–Crippen LogP) is 0.583. The second-order valence-electron chi connectivity index (χ2n) is 5.61. The largest absolute Gasteiger partial charge is 0.448 e. The second-order valence-corrected chi connectivity index (χ2v) is 5.61. The number of rotatable bonds is 4. The molecule has 0 N–H and O–H groups in total. The molecule has 0 bridgehead atoms. The van der Waals surface area contributed by atoms with Crippen LogP contribution in [-0.2, 0) is 19.0 Å². The highest BCUT2D eigenvalue weighted by Crippen LogP contribution is 2.25. The quantitative estimate of drug-likeness (QED) is 0.759. The Morgan fingerprint density at radius 2 is 1.95 bits per heavy atom. The lowest BCUT2D eigenvalue weighted by Gasteiger charge is -2.38. The average Bonchev–Trinajstić information content (AvgIpc) is 3.16. The van der Waals surface area contributed by atoms with Crippen molar-refractivity contribution in [2.45, 2.75) is 38.0 Å². The number of carbonyl (C=O) groups is 2. The zero-order valence-corrected chi connectivity index (χ0v) is 12.2. The van der Waals surface area contributed by atoms with E-state index in [0.29, 0.717) is 39.3 Å². The highest BCUT2D eigenvalue weighted by atomic mass is 16.7. The molecule has 1 atom stereocenters. The van der Waals surface area contributed by atoms with Crippen LogP contribution in [0.15, 0.2) is 0 Å². The number of hydrogen-bond donors (Lipinski definition) is 0. The molecule has 0 aromatic heterocycles. The smallest absolute Gasteiger partial charge is 0.409 e. The lowest BCUT2D eigenvalue weighted by atomic mass is 10.0. The number of piperidine rings is 1. The lowest BCUT2D eigenvalue weighted by molar-refractivity contribution is -0.150. The van der Waals surface area contributed by atoms with Crippen LogP contribution in [0, 0.1) is 0 Å². The molecule has 3 saturated heterocycles. The van der Waals surface area contributed by atoms with Crippen molar-refractivity contribution in [2.24, 2.45) is 0 Å². The zero-order chi connectivity index (χ0) is 14.7. The molecular formula is C14H22N2O5. The van der Waals surface area contributed by atoms with Gasteiger partial charge in [-0.15, -0.1) is 0 Å². The first-order valence-electron chi connectivity index (χ1n) is 7.70. The van der Waals surface area contributed by atoms with Gasteiger partial charge in [0.05, 0.1) is 25.8 Å². The molecule has 3 rings (SSSR count). The topological polar surface area (TPSA) is 68.3 Å². The van der Waals surface area contributed by atoms with Crippen molar-refractivity contribution >= 4 is 12.0 Å². The summed E-state index contributed by atoms with van der Waals surface area (Å²) in [5.41, 5.74) is 0. The van der Waals surface area contributed by atoms with E-state index in [1.165, 1.54) is 0 Å². The van der Waals surface area contributed by atoms with Gasteiger partial charge in [0.1, 0.15) is 6.61 Å².